The molecule has 35 heavy (non-hydrogen) atoms. The quantitative estimate of drug-likeness (QED) is 0.403. The van der Waals surface area contributed by atoms with Crippen LogP contribution in [-0.2, 0) is 19.1 Å². The SMILES string of the molecule is CC(C)c1c(C(=O)Nc2ccc3c(c2)nc2n3CCCCC2)cnn1-c1ccc(C(F)(F)F)cn1. The molecular formula is C25H25F3N6O. The minimum atomic E-state index is -4.48. The number of amides is 1. The van der Waals surface area contributed by atoms with Gasteiger partial charge in [-0.25, -0.2) is 14.6 Å². The number of benzene rings is 1. The molecule has 7 nitrogen and oxygen atoms in total. The van der Waals surface area contributed by atoms with Crippen LogP contribution in [-0.4, -0.2) is 30.2 Å². The highest BCUT2D eigenvalue weighted by molar-refractivity contribution is 6.05. The Hall–Kier alpha value is -3.69. The van der Waals surface area contributed by atoms with Crippen molar-refractivity contribution < 1.29 is 18.0 Å². The number of rotatable bonds is 4. The lowest BCUT2D eigenvalue weighted by Gasteiger charge is -2.13. The number of aromatic nitrogens is 5. The summed E-state index contributed by atoms with van der Waals surface area (Å²) in [6.07, 6.45) is 2.12. The van der Waals surface area contributed by atoms with Crippen LogP contribution in [0, 0.1) is 0 Å². The summed E-state index contributed by atoms with van der Waals surface area (Å²) < 4.78 is 42.4. The maximum absolute atomic E-state index is 13.2. The highest BCUT2D eigenvalue weighted by atomic mass is 19.4. The van der Waals surface area contributed by atoms with E-state index in [2.05, 4.69) is 20.0 Å². The number of carbonyl (C=O) groups excluding carboxylic acids is 1. The van der Waals surface area contributed by atoms with E-state index in [0.29, 0.717) is 16.9 Å². The topological polar surface area (TPSA) is 77.6 Å². The first-order valence-corrected chi connectivity index (χ1v) is 11.6. The molecule has 0 unspecified atom stereocenters. The first-order valence-electron chi connectivity index (χ1n) is 11.6. The summed E-state index contributed by atoms with van der Waals surface area (Å²) in [6, 6.07) is 7.91. The molecule has 3 aromatic heterocycles. The number of alkyl halides is 3. The Morgan fingerprint density at radius 2 is 1.91 bits per heavy atom. The van der Waals surface area contributed by atoms with Crippen LogP contribution in [0.25, 0.3) is 16.9 Å². The van der Waals surface area contributed by atoms with Crippen molar-refractivity contribution in [3.05, 3.63) is 65.4 Å². The normalized spacial score (nSPS) is 14.2. The van der Waals surface area contributed by atoms with Gasteiger partial charge in [-0.15, -0.1) is 0 Å². The molecule has 0 saturated carbocycles. The molecular weight excluding hydrogens is 457 g/mol. The van der Waals surface area contributed by atoms with Gasteiger partial charge in [0.15, 0.2) is 5.82 Å². The molecule has 0 radical (unpaired) electrons. The molecule has 0 aliphatic carbocycles. The summed E-state index contributed by atoms with van der Waals surface area (Å²) in [5.41, 5.74) is 2.57. The standard InChI is InChI=1S/C25H25F3N6O/c1-15(2)23-18(14-30-34(23)21-10-7-16(13-29-21)25(26,27)28)24(35)31-17-8-9-20-19(12-17)32-22-6-4-3-5-11-33(20)22/h7-10,12-15H,3-6,11H2,1-2H3,(H,31,35). The first kappa shape index (κ1) is 23.1. The molecule has 0 spiro atoms. The molecule has 1 amide bonds. The average Bonchev–Trinajstić information content (AvgIpc) is 3.33. The predicted octanol–water partition coefficient (Wildman–Crippen LogP) is 5.74. The number of anilines is 1. The Balaban J connectivity index is 1.43. The van der Waals surface area contributed by atoms with Crippen LogP contribution in [0.3, 0.4) is 0 Å². The van der Waals surface area contributed by atoms with Gasteiger partial charge in [0.25, 0.3) is 5.91 Å². The lowest BCUT2D eigenvalue weighted by molar-refractivity contribution is -0.137. The predicted molar refractivity (Wildman–Crippen MR) is 126 cm³/mol. The summed E-state index contributed by atoms with van der Waals surface area (Å²) in [6.45, 7) is 4.73. The number of aryl methyl sites for hydroxylation is 2. The zero-order valence-electron chi connectivity index (χ0n) is 19.4. The molecule has 4 aromatic rings. The number of hydrogen-bond donors (Lipinski definition) is 1. The van der Waals surface area contributed by atoms with E-state index >= 15 is 0 Å². The van der Waals surface area contributed by atoms with E-state index in [1.54, 1.807) is 0 Å². The van der Waals surface area contributed by atoms with Gasteiger partial charge in [0, 0.05) is 24.8 Å². The largest absolute Gasteiger partial charge is 0.417 e. The van der Waals surface area contributed by atoms with Crippen molar-refractivity contribution >= 4 is 22.6 Å². The molecule has 0 fully saturated rings. The van der Waals surface area contributed by atoms with E-state index in [4.69, 9.17) is 4.98 Å². The molecule has 5 rings (SSSR count). The fourth-order valence-electron chi connectivity index (χ4n) is 4.58. The molecule has 1 N–H and O–H groups in total. The van der Waals surface area contributed by atoms with Gasteiger partial charge in [-0.05, 0) is 49.1 Å². The Bertz CT molecular complexity index is 1380. The fraction of sp³-hybridized carbons (Fsp3) is 0.360. The monoisotopic (exact) mass is 482 g/mol. The van der Waals surface area contributed by atoms with Crippen molar-refractivity contribution in [1.82, 2.24) is 24.3 Å². The van der Waals surface area contributed by atoms with Crippen LogP contribution in [0.4, 0.5) is 18.9 Å². The second-order valence-corrected chi connectivity index (χ2v) is 9.06. The zero-order valence-corrected chi connectivity index (χ0v) is 19.4. The molecule has 4 heterocycles. The summed E-state index contributed by atoms with van der Waals surface area (Å²) >= 11 is 0. The van der Waals surface area contributed by atoms with Crippen molar-refractivity contribution in [3.63, 3.8) is 0 Å². The highest BCUT2D eigenvalue weighted by Gasteiger charge is 2.31. The smallest absolute Gasteiger partial charge is 0.328 e. The molecule has 1 aliphatic rings. The van der Waals surface area contributed by atoms with Gasteiger partial charge in [-0.2, -0.15) is 18.3 Å². The number of pyridine rings is 1. The summed E-state index contributed by atoms with van der Waals surface area (Å²) in [4.78, 5) is 21.9. The molecule has 182 valence electrons. The number of halogens is 3. The highest BCUT2D eigenvalue weighted by Crippen LogP contribution is 2.30. The lowest BCUT2D eigenvalue weighted by atomic mass is 10.1. The summed E-state index contributed by atoms with van der Waals surface area (Å²) in [5, 5.41) is 7.18. The molecule has 1 aromatic carbocycles. The van der Waals surface area contributed by atoms with Crippen LogP contribution in [0.1, 0.15) is 66.5 Å². The number of nitrogens with one attached hydrogen (secondary N) is 1. The Kier molecular flexibility index (Phi) is 5.82. The molecule has 0 saturated heterocycles. The molecule has 0 bridgehead atoms. The zero-order chi connectivity index (χ0) is 24.7. The second kappa shape index (κ2) is 8.83. The van der Waals surface area contributed by atoms with E-state index in [-0.39, 0.29) is 17.6 Å². The maximum atomic E-state index is 13.2. The van der Waals surface area contributed by atoms with Crippen LogP contribution in [0.2, 0.25) is 0 Å². The summed E-state index contributed by atoms with van der Waals surface area (Å²) in [5.74, 6) is 0.802. The summed E-state index contributed by atoms with van der Waals surface area (Å²) in [7, 11) is 0. The molecule has 10 heteroatoms. The van der Waals surface area contributed by atoms with Crippen molar-refractivity contribution in [3.8, 4) is 5.82 Å². The van der Waals surface area contributed by atoms with Crippen molar-refractivity contribution in [2.45, 2.75) is 58.2 Å². The number of hydrogen-bond acceptors (Lipinski definition) is 4. The van der Waals surface area contributed by atoms with Crippen molar-refractivity contribution in [2.75, 3.05) is 5.32 Å². The fourth-order valence-corrected chi connectivity index (χ4v) is 4.58. The Morgan fingerprint density at radius 1 is 1.09 bits per heavy atom. The van der Waals surface area contributed by atoms with Gasteiger partial charge in [0.1, 0.15) is 5.82 Å². The van der Waals surface area contributed by atoms with Crippen LogP contribution >= 0.6 is 0 Å². The number of carbonyl (C=O) groups is 1. The third kappa shape index (κ3) is 4.40. The van der Waals surface area contributed by atoms with Crippen molar-refractivity contribution in [1.29, 1.82) is 0 Å². The van der Waals surface area contributed by atoms with Gasteiger partial charge in [0.05, 0.1) is 34.1 Å². The van der Waals surface area contributed by atoms with E-state index < -0.39 is 11.7 Å². The van der Waals surface area contributed by atoms with Crippen LogP contribution in [0.5, 0.6) is 0 Å². The molecule has 1 aliphatic heterocycles. The van der Waals surface area contributed by atoms with Gasteiger partial charge < -0.3 is 9.88 Å². The first-order chi connectivity index (χ1) is 16.7. The number of imidazole rings is 1. The van der Waals surface area contributed by atoms with Gasteiger partial charge in [-0.1, -0.05) is 20.3 Å². The number of nitrogens with zero attached hydrogens (tertiary/aromatic N) is 5. The third-order valence-corrected chi connectivity index (χ3v) is 6.26. The van der Waals surface area contributed by atoms with Gasteiger partial charge in [0.2, 0.25) is 0 Å². The number of fused-ring (bicyclic) bond motifs is 3. The Morgan fingerprint density at radius 3 is 2.63 bits per heavy atom. The van der Waals surface area contributed by atoms with E-state index in [9.17, 15) is 18.0 Å². The van der Waals surface area contributed by atoms with Crippen molar-refractivity contribution in [2.24, 2.45) is 0 Å². The average molecular weight is 483 g/mol. The van der Waals surface area contributed by atoms with Gasteiger partial charge >= 0.3 is 6.18 Å². The third-order valence-electron chi connectivity index (χ3n) is 6.26. The molecule has 0 atom stereocenters. The van der Waals surface area contributed by atoms with Crippen LogP contribution in [0.15, 0.2) is 42.7 Å². The van der Waals surface area contributed by atoms with E-state index in [0.717, 1.165) is 54.9 Å². The maximum Gasteiger partial charge on any atom is 0.417 e. The second-order valence-electron chi connectivity index (χ2n) is 9.06. The van der Waals surface area contributed by atoms with Gasteiger partial charge in [-0.3, -0.25) is 4.79 Å². The minimum Gasteiger partial charge on any atom is -0.328 e. The Labute approximate surface area is 200 Å². The minimum absolute atomic E-state index is 0.131. The van der Waals surface area contributed by atoms with Crippen LogP contribution < -0.4 is 5.32 Å². The lowest BCUT2D eigenvalue weighted by Crippen LogP contribution is -2.16. The van der Waals surface area contributed by atoms with E-state index in [1.807, 2.05) is 32.0 Å². The van der Waals surface area contributed by atoms with E-state index in [1.165, 1.54) is 23.4 Å².